The monoisotopic (exact) mass is 455 g/mol. The minimum atomic E-state index is -0.630. The van der Waals surface area contributed by atoms with Gasteiger partial charge in [-0.25, -0.2) is 9.78 Å². The van der Waals surface area contributed by atoms with Gasteiger partial charge < -0.3 is 9.47 Å². The number of Topliss-reactive ketones (excluding diaryl/α,β-unsaturated/α-hetero) is 1. The van der Waals surface area contributed by atoms with Crippen LogP contribution in [0.3, 0.4) is 0 Å². The number of hydrogen-bond acceptors (Lipinski definition) is 5. The van der Waals surface area contributed by atoms with Crippen molar-refractivity contribution in [2.24, 2.45) is 0 Å². The third-order valence-electron chi connectivity index (χ3n) is 5.52. The number of para-hydroxylation sites is 2. The van der Waals surface area contributed by atoms with Gasteiger partial charge in [-0.15, -0.1) is 0 Å². The lowest BCUT2D eigenvalue weighted by atomic mass is 9.98. The average Bonchev–Trinajstić information content (AvgIpc) is 3.39. The van der Waals surface area contributed by atoms with Crippen molar-refractivity contribution in [1.82, 2.24) is 9.55 Å². The molecule has 0 saturated heterocycles. The molecule has 0 N–H and O–H groups in total. The molecule has 0 bridgehead atoms. The van der Waals surface area contributed by atoms with Crippen molar-refractivity contribution in [2.75, 3.05) is 19.1 Å². The highest BCUT2D eigenvalue weighted by Crippen LogP contribution is 2.33. The van der Waals surface area contributed by atoms with Crippen LogP contribution in [-0.2, 0) is 4.74 Å². The van der Waals surface area contributed by atoms with Crippen LogP contribution >= 0.6 is 0 Å². The molecular formula is C27H25N3O4. The second-order valence-corrected chi connectivity index (χ2v) is 7.55. The zero-order chi connectivity index (χ0) is 23.9. The topological polar surface area (TPSA) is 73.7 Å². The highest BCUT2D eigenvalue weighted by atomic mass is 16.5. The highest BCUT2D eigenvalue weighted by Gasteiger charge is 2.31. The van der Waals surface area contributed by atoms with E-state index in [4.69, 9.17) is 9.47 Å². The molecule has 3 aromatic carbocycles. The molecule has 1 amide bonds. The maximum Gasteiger partial charge on any atom is 0.414 e. The van der Waals surface area contributed by atoms with Crippen LogP contribution < -0.4 is 9.64 Å². The molecule has 7 nitrogen and oxygen atoms in total. The fourth-order valence-corrected chi connectivity index (χ4v) is 3.86. The quantitative estimate of drug-likeness (QED) is 0.330. The molecule has 1 aromatic heterocycles. The number of aromatic nitrogens is 2. The van der Waals surface area contributed by atoms with Crippen molar-refractivity contribution >= 4 is 17.6 Å². The number of hydrogen-bond donors (Lipinski definition) is 0. The summed E-state index contributed by atoms with van der Waals surface area (Å²) in [4.78, 5) is 32.3. The second-order valence-electron chi connectivity index (χ2n) is 7.55. The standard InChI is InChI=1S/C27H25N3O4/c1-33-23-15-13-20(14-16-23)24(30(27(32)34-2)22-11-7-4-8-12-22)19-25(31)26-28-17-18-29(26)21-9-5-3-6-10-21/h3-18,24H,19H2,1-2H3. The number of methoxy groups -OCH3 is 2. The van der Waals surface area contributed by atoms with Crippen LogP contribution in [0.2, 0.25) is 0 Å². The van der Waals surface area contributed by atoms with Gasteiger partial charge in [0, 0.05) is 30.2 Å². The van der Waals surface area contributed by atoms with E-state index in [1.807, 2.05) is 72.8 Å². The van der Waals surface area contributed by atoms with Crippen LogP contribution in [-0.4, -0.2) is 35.6 Å². The van der Waals surface area contributed by atoms with E-state index in [1.54, 1.807) is 36.2 Å². The van der Waals surface area contributed by atoms with Gasteiger partial charge in [0.25, 0.3) is 0 Å². The Hall–Kier alpha value is -4.39. The van der Waals surface area contributed by atoms with E-state index >= 15 is 0 Å². The molecule has 0 radical (unpaired) electrons. The Morgan fingerprint density at radius 3 is 2.18 bits per heavy atom. The van der Waals surface area contributed by atoms with E-state index < -0.39 is 12.1 Å². The van der Waals surface area contributed by atoms with Crippen LogP contribution in [0.5, 0.6) is 5.75 Å². The molecule has 0 spiro atoms. The lowest BCUT2D eigenvalue weighted by Crippen LogP contribution is -2.36. The molecule has 1 atom stereocenters. The van der Waals surface area contributed by atoms with E-state index in [1.165, 1.54) is 12.0 Å². The first-order valence-electron chi connectivity index (χ1n) is 10.8. The number of rotatable bonds is 8. The molecule has 0 saturated carbocycles. The largest absolute Gasteiger partial charge is 0.497 e. The highest BCUT2D eigenvalue weighted by molar-refractivity contribution is 5.96. The minimum absolute atomic E-state index is 0.000169. The first kappa shape index (κ1) is 22.8. The second kappa shape index (κ2) is 10.5. The van der Waals surface area contributed by atoms with Gasteiger partial charge >= 0.3 is 6.09 Å². The van der Waals surface area contributed by atoms with Gasteiger partial charge in [-0.05, 0) is 42.0 Å². The molecule has 172 valence electrons. The van der Waals surface area contributed by atoms with Crippen molar-refractivity contribution in [3.05, 3.63) is 109 Å². The number of imidazole rings is 1. The molecular weight excluding hydrogens is 430 g/mol. The smallest absolute Gasteiger partial charge is 0.414 e. The number of amides is 1. The number of anilines is 1. The summed E-state index contributed by atoms with van der Waals surface area (Å²) >= 11 is 0. The summed E-state index contributed by atoms with van der Waals surface area (Å²) < 4.78 is 12.1. The Morgan fingerprint density at radius 2 is 1.56 bits per heavy atom. The van der Waals surface area contributed by atoms with E-state index in [0.717, 1.165) is 11.3 Å². The maximum atomic E-state index is 13.6. The van der Waals surface area contributed by atoms with E-state index in [2.05, 4.69) is 4.98 Å². The number of nitrogens with zero attached hydrogens (tertiary/aromatic N) is 3. The Bertz CT molecular complexity index is 1240. The first-order chi connectivity index (χ1) is 16.6. The third-order valence-corrected chi connectivity index (χ3v) is 5.52. The Morgan fingerprint density at radius 1 is 0.912 bits per heavy atom. The molecule has 1 unspecified atom stereocenters. The fraction of sp³-hybridized carbons (Fsp3) is 0.148. The van der Waals surface area contributed by atoms with E-state index in [-0.39, 0.29) is 12.2 Å². The summed E-state index contributed by atoms with van der Waals surface area (Å²) in [7, 11) is 2.91. The van der Waals surface area contributed by atoms with Crippen LogP contribution in [0.15, 0.2) is 97.3 Å². The molecule has 1 heterocycles. The summed E-state index contributed by atoms with van der Waals surface area (Å²) in [6, 6.07) is 25.3. The predicted octanol–water partition coefficient (Wildman–Crippen LogP) is 5.47. The van der Waals surface area contributed by atoms with Crippen molar-refractivity contribution in [1.29, 1.82) is 0 Å². The number of ether oxygens (including phenoxy) is 2. The molecule has 0 aliphatic rings. The Balaban J connectivity index is 1.75. The number of benzene rings is 3. The predicted molar refractivity (Wildman–Crippen MR) is 130 cm³/mol. The molecule has 0 aliphatic carbocycles. The zero-order valence-electron chi connectivity index (χ0n) is 19.0. The van der Waals surface area contributed by atoms with E-state index in [9.17, 15) is 9.59 Å². The number of carbonyl (C=O) groups is 2. The van der Waals surface area contributed by atoms with Crippen molar-refractivity contribution in [3.63, 3.8) is 0 Å². The van der Waals surface area contributed by atoms with Crippen molar-refractivity contribution in [3.8, 4) is 11.4 Å². The third kappa shape index (κ3) is 4.83. The number of ketones is 1. The summed E-state index contributed by atoms with van der Waals surface area (Å²) in [5.74, 6) is 0.764. The van der Waals surface area contributed by atoms with Crippen molar-refractivity contribution < 1.29 is 19.1 Å². The van der Waals surface area contributed by atoms with Gasteiger partial charge in [0.2, 0.25) is 5.78 Å². The maximum absolute atomic E-state index is 13.6. The lowest BCUT2D eigenvalue weighted by molar-refractivity contribution is 0.0960. The first-order valence-corrected chi connectivity index (χ1v) is 10.8. The Kier molecular flexibility index (Phi) is 7.03. The van der Waals surface area contributed by atoms with Crippen LogP contribution in [0.1, 0.15) is 28.6 Å². The molecule has 4 rings (SSSR count). The summed E-state index contributed by atoms with van der Waals surface area (Å²) in [5.41, 5.74) is 2.22. The molecule has 7 heteroatoms. The molecule has 0 fully saturated rings. The van der Waals surface area contributed by atoms with Crippen LogP contribution in [0.4, 0.5) is 10.5 Å². The van der Waals surface area contributed by atoms with Gasteiger partial charge in [-0.1, -0.05) is 48.5 Å². The minimum Gasteiger partial charge on any atom is -0.497 e. The normalized spacial score (nSPS) is 11.5. The molecule has 4 aromatic rings. The molecule has 34 heavy (non-hydrogen) atoms. The lowest BCUT2D eigenvalue weighted by Gasteiger charge is -2.31. The fourth-order valence-electron chi connectivity index (χ4n) is 3.86. The van der Waals surface area contributed by atoms with Gasteiger partial charge in [-0.3, -0.25) is 14.3 Å². The van der Waals surface area contributed by atoms with Crippen LogP contribution in [0, 0.1) is 0 Å². The van der Waals surface area contributed by atoms with Crippen LogP contribution in [0.25, 0.3) is 5.69 Å². The van der Waals surface area contributed by atoms with Gasteiger partial charge in [0.1, 0.15) is 5.75 Å². The van der Waals surface area contributed by atoms with E-state index in [0.29, 0.717) is 17.3 Å². The van der Waals surface area contributed by atoms with Gasteiger partial charge in [-0.2, -0.15) is 0 Å². The van der Waals surface area contributed by atoms with Gasteiger partial charge in [0.05, 0.1) is 20.3 Å². The number of carbonyl (C=O) groups excluding carboxylic acids is 2. The molecule has 0 aliphatic heterocycles. The summed E-state index contributed by atoms with van der Waals surface area (Å²) in [5, 5.41) is 0. The summed E-state index contributed by atoms with van der Waals surface area (Å²) in [6.07, 6.45) is 2.78. The average molecular weight is 456 g/mol. The Labute approximate surface area is 198 Å². The summed E-state index contributed by atoms with van der Waals surface area (Å²) in [6.45, 7) is 0. The van der Waals surface area contributed by atoms with Crippen molar-refractivity contribution in [2.45, 2.75) is 12.5 Å². The SMILES string of the molecule is COC(=O)N(c1ccccc1)C(CC(=O)c1nccn1-c1ccccc1)c1ccc(OC)cc1. The zero-order valence-corrected chi connectivity index (χ0v) is 19.0. The van der Waals surface area contributed by atoms with Gasteiger partial charge in [0.15, 0.2) is 5.82 Å².